The predicted octanol–water partition coefficient (Wildman–Crippen LogP) is 17.4. The summed E-state index contributed by atoms with van der Waals surface area (Å²) in [4.78, 5) is 2.67. The predicted molar refractivity (Wildman–Crippen MR) is 299 cm³/mol. The topological polar surface area (TPSA) is 43.7 Å². The lowest BCUT2D eigenvalue weighted by molar-refractivity contribution is 0.256. The van der Waals surface area contributed by atoms with Crippen molar-refractivity contribution in [2.24, 2.45) is 0 Å². The van der Waals surface area contributed by atoms with Gasteiger partial charge in [0.25, 0.3) is 0 Å². The van der Waals surface area contributed by atoms with Crippen LogP contribution in [0.25, 0.3) is 291 Å². The summed E-state index contributed by atoms with van der Waals surface area (Å²) in [6.07, 6.45) is 0. The summed E-state index contributed by atoms with van der Waals surface area (Å²) in [5, 5.41) is 111. The van der Waals surface area contributed by atoms with Gasteiger partial charge in [0.2, 0.25) is 0 Å². The molecule has 0 bridgehead atoms. The van der Waals surface area contributed by atoms with Gasteiger partial charge in [0.15, 0.2) is 0 Å². The summed E-state index contributed by atoms with van der Waals surface area (Å²) >= 11 is 0. The zero-order chi connectivity index (χ0) is 43.2. The number of phenolic OH excluding ortho intramolecular Hbond substituents is 2. The quantitative estimate of drug-likeness (QED) is 0.161. The molecule has 5 aliphatic rings. The number of benzene rings is 19. The molecule has 0 radical (unpaired) electrons. The molecule has 3 nitrogen and oxygen atoms in total. The van der Waals surface area contributed by atoms with Gasteiger partial charge in [-0.25, -0.2) is 0 Å². The third kappa shape index (κ3) is 1.41. The van der Waals surface area contributed by atoms with E-state index in [0.29, 0.717) is 0 Å². The standard InChI is InChI=1S/C69H11NO2/c1-70-5-68-63-55-47-37-27-19-11-9-10-13-17-15(11)23-31-25(17)35-29-21(13)22-14(10)18-16-12(9)20(19)28-34-24(16)32-26(18)36-30(22)40-39(29)51-45(35)53-43(31)49(41(47)33(23)27)57(63)59(53)65-61(51)62-52(40)46(36)54-44(32)50-42(34)48(38(28)37)56(55)64(68)58(50)60(54)66(62)69(65,68)67(70)8-6(71)3-2-4-7(8)72/h2-4,67,71-72H,5H2,1H3. The Morgan fingerprint density at radius 3 is 0.681 bits per heavy atom. The number of nitrogens with zero attached hydrogens (tertiary/aromatic N) is 1. The summed E-state index contributed by atoms with van der Waals surface area (Å²) in [7, 11) is 2.38. The maximum Gasteiger partial charge on any atom is 0.124 e. The molecule has 0 aromatic heterocycles. The van der Waals surface area contributed by atoms with E-state index in [1.54, 1.807) is 313 Å². The SMILES string of the molecule is CN1CC23c4c5c6c7c8c9c(c%10c%11c2c2c4c4c%12c5c5c6c6c8c8c%13c9c9c%10c%10c%11c%11c2c2c4c4c%12c%12c5c5c6c8c6c8c%13c9c9c%10c%10c%11c2c2c4c4c%12c5c6c5c8c9c%10c2c45)C73C1c1c(O)cccc1O. The van der Waals surface area contributed by atoms with Crippen molar-refractivity contribution in [1.82, 2.24) is 4.90 Å². The lowest BCUT2D eigenvalue weighted by Gasteiger charge is -2.52. The molecular formula is C69H11NO2. The highest BCUT2D eigenvalue weighted by Crippen LogP contribution is 2.87. The summed E-state index contributed by atoms with van der Waals surface area (Å²) < 4.78 is 0. The minimum absolute atomic E-state index is 0.224. The number of hydrogen-bond acceptors (Lipinski definition) is 3. The van der Waals surface area contributed by atoms with Crippen molar-refractivity contribution >= 4 is 291 Å². The monoisotopic (exact) mass is 885 g/mol. The average molecular weight is 886 g/mol. The Labute approximate surface area is 391 Å². The van der Waals surface area contributed by atoms with Crippen molar-refractivity contribution in [3.8, 4) is 11.5 Å². The molecule has 2 N–H and O–H groups in total. The van der Waals surface area contributed by atoms with E-state index in [2.05, 4.69) is 11.9 Å². The van der Waals surface area contributed by atoms with Crippen LogP contribution < -0.4 is 0 Å². The van der Waals surface area contributed by atoms with Crippen LogP contribution >= 0.6 is 0 Å². The largest absolute Gasteiger partial charge is 0.507 e. The smallest absolute Gasteiger partial charge is 0.124 e. The fourth-order valence-corrected chi connectivity index (χ4v) is 26.3. The van der Waals surface area contributed by atoms with Gasteiger partial charge >= 0.3 is 0 Å². The maximum absolute atomic E-state index is 12.7. The highest BCUT2D eigenvalue weighted by Gasteiger charge is 2.76. The van der Waals surface area contributed by atoms with E-state index in [4.69, 9.17) is 0 Å². The summed E-state index contributed by atoms with van der Waals surface area (Å²) in [5.41, 5.74) is 6.01. The first kappa shape index (κ1) is 27.0. The number of phenols is 2. The first-order valence-electron chi connectivity index (χ1n) is 26.6. The number of aromatic hydroxyl groups is 2. The molecule has 1 atom stereocenters. The summed E-state index contributed by atoms with van der Waals surface area (Å²) in [5.74, 6) is 0.447. The van der Waals surface area contributed by atoms with Crippen LogP contribution in [0.3, 0.4) is 0 Å². The van der Waals surface area contributed by atoms with E-state index in [0.717, 1.165) is 12.1 Å². The van der Waals surface area contributed by atoms with Gasteiger partial charge in [-0.2, -0.15) is 0 Å². The van der Waals surface area contributed by atoms with Gasteiger partial charge < -0.3 is 10.2 Å². The van der Waals surface area contributed by atoms with Crippen molar-refractivity contribution in [2.45, 2.75) is 16.9 Å². The number of hydrogen-bond donors (Lipinski definition) is 2. The van der Waals surface area contributed by atoms with Gasteiger partial charge in [-0.1, -0.05) is 6.07 Å². The molecule has 3 heteroatoms. The second kappa shape index (κ2) is 6.06. The molecule has 0 amide bonds. The molecular weight excluding hydrogens is 875 g/mol. The fraction of sp³-hybridized carbons (Fsp3) is 0.0725. The molecule has 2 spiro atoms. The Kier molecular flexibility index (Phi) is 2.27. The second-order valence-corrected chi connectivity index (χ2v) is 26.5. The van der Waals surface area contributed by atoms with Crippen LogP contribution in [0.15, 0.2) is 18.2 Å². The zero-order valence-electron chi connectivity index (χ0n) is 36.9. The second-order valence-electron chi connectivity index (χ2n) is 26.5. The average Bonchev–Trinajstić information content (AvgIpc) is 4.41. The Hall–Kier alpha value is -8.76. The number of likely N-dealkylation sites (tertiary alicyclic amines) is 1. The summed E-state index contributed by atoms with van der Waals surface area (Å²) in [6, 6.07) is 5.29. The van der Waals surface area contributed by atoms with Gasteiger partial charge in [-0.3, -0.25) is 4.90 Å². The van der Waals surface area contributed by atoms with Crippen molar-refractivity contribution in [2.75, 3.05) is 13.6 Å². The van der Waals surface area contributed by atoms with Crippen LogP contribution in [-0.2, 0) is 10.8 Å². The van der Waals surface area contributed by atoms with Crippen LogP contribution in [0.4, 0.5) is 0 Å². The van der Waals surface area contributed by atoms with Gasteiger partial charge in [-0.15, -0.1) is 0 Å². The molecule has 1 unspecified atom stereocenters. The number of likely N-dealkylation sites (N-methyl/N-ethyl adjacent to an activating group) is 1. The van der Waals surface area contributed by atoms with Crippen molar-refractivity contribution < 1.29 is 10.2 Å². The van der Waals surface area contributed by atoms with Crippen molar-refractivity contribution in [3.05, 3.63) is 46.0 Å². The zero-order valence-corrected chi connectivity index (χ0v) is 36.9. The molecule has 1 fully saturated rings. The molecule has 72 heavy (non-hydrogen) atoms. The lowest BCUT2D eigenvalue weighted by Crippen LogP contribution is -2.51. The molecule has 1 heterocycles. The van der Waals surface area contributed by atoms with Gasteiger partial charge in [-0.05, 0) is 332 Å². The molecule has 1 saturated heterocycles. The molecule has 304 valence electrons. The summed E-state index contributed by atoms with van der Waals surface area (Å²) in [6.45, 7) is 0.834. The lowest BCUT2D eigenvalue weighted by atomic mass is 9.47. The van der Waals surface area contributed by atoms with Gasteiger partial charge in [0, 0.05) is 6.54 Å². The van der Waals surface area contributed by atoms with E-state index in [9.17, 15) is 10.2 Å². The molecule has 4 aliphatic carbocycles. The van der Waals surface area contributed by atoms with Crippen molar-refractivity contribution in [1.29, 1.82) is 0 Å². The Morgan fingerprint density at radius 2 is 0.472 bits per heavy atom. The third-order valence-electron chi connectivity index (χ3n) is 26.2. The minimum Gasteiger partial charge on any atom is -0.507 e. The van der Waals surface area contributed by atoms with Crippen LogP contribution in [0.1, 0.15) is 33.9 Å². The van der Waals surface area contributed by atoms with Gasteiger partial charge in [0.1, 0.15) is 11.5 Å². The highest BCUT2D eigenvalue weighted by molar-refractivity contribution is 6.82. The molecule has 29 aromatic rings. The Bertz CT molecular complexity index is 7300. The Morgan fingerprint density at radius 1 is 0.292 bits per heavy atom. The van der Waals surface area contributed by atoms with E-state index in [1.165, 1.54) is 0 Å². The third-order valence-corrected chi connectivity index (χ3v) is 26.2. The molecule has 34 rings (SSSR count). The molecule has 1 aliphatic heterocycles. The minimum atomic E-state index is -0.622. The number of rotatable bonds is 1. The van der Waals surface area contributed by atoms with E-state index in [-0.39, 0.29) is 17.5 Å². The van der Waals surface area contributed by atoms with Crippen molar-refractivity contribution in [3.63, 3.8) is 0 Å². The highest BCUT2D eigenvalue weighted by atomic mass is 16.3. The van der Waals surface area contributed by atoms with E-state index in [1.807, 2.05) is 18.2 Å². The van der Waals surface area contributed by atoms with Gasteiger partial charge in [0.05, 0.1) is 22.4 Å². The Balaban J connectivity index is 1.17. The van der Waals surface area contributed by atoms with E-state index < -0.39 is 10.8 Å². The molecule has 0 saturated carbocycles. The van der Waals surface area contributed by atoms with Crippen LogP contribution in [0, 0.1) is 0 Å². The fourth-order valence-electron chi connectivity index (χ4n) is 26.3. The molecule has 29 aromatic carbocycles. The normalized spacial score (nSPS) is 23.6. The maximum atomic E-state index is 12.7. The van der Waals surface area contributed by atoms with E-state index >= 15 is 0 Å². The first-order valence-corrected chi connectivity index (χ1v) is 26.6. The van der Waals surface area contributed by atoms with Crippen LogP contribution in [0.2, 0.25) is 0 Å². The first-order chi connectivity index (χ1) is 35.7. The van der Waals surface area contributed by atoms with Crippen LogP contribution in [0.5, 0.6) is 11.5 Å². The van der Waals surface area contributed by atoms with Crippen LogP contribution in [-0.4, -0.2) is 28.7 Å².